The Bertz CT molecular complexity index is 508. The van der Waals surface area contributed by atoms with Gasteiger partial charge in [0.2, 0.25) is 0 Å². The third-order valence-corrected chi connectivity index (χ3v) is 3.36. The van der Waals surface area contributed by atoms with Gasteiger partial charge in [-0.05, 0) is 19.9 Å². The summed E-state index contributed by atoms with van der Waals surface area (Å²) in [4.78, 5) is 8.21. The van der Waals surface area contributed by atoms with E-state index in [0.717, 1.165) is 23.0 Å². The van der Waals surface area contributed by atoms with E-state index in [2.05, 4.69) is 28.1 Å². The molecule has 0 aromatic carbocycles. The highest BCUT2D eigenvalue weighted by atomic mass is 32.2. The van der Waals surface area contributed by atoms with Crippen LogP contribution in [0.15, 0.2) is 23.5 Å². The number of aryl methyl sites for hydroxylation is 2. The highest BCUT2D eigenvalue weighted by Crippen LogP contribution is 2.24. The number of nitrogens with two attached hydrogens (primary N) is 1. The van der Waals surface area contributed by atoms with E-state index in [-0.39, 0.29) is 0 Å². The standard InChI is InChI=1S/C11H15N5S/c1-3-16-9(6-8(2)15-16)7-17-11-10(12)13-4-5-14-11/h4-6H,3,7H2,1-2H3,(H2,12,13). The number of thioether (sulfide) groups is 1. The van der Waals surface area contributed by atoms with Gasteiger partial charge in [-0.1, -0.05) is 11.8 Å². The molecule has 2 rings (SSSR count). The summed E-state index contributed by atoms with van der Waals surface area (Å²) in [6.45, 7) is 4.95. The van der Waals surface area contributed by atoms with Crippen LogP contribution < -0.4 is 5.73 Å². The maximum Gasteiger partial charge on any atom is 0.156 e. The van der Waals surface area contributed by atoms with Gasteiger partial charge in [0.1, 0.15) is 5.03 Å². The normalized spacial score (nSPS) is 10.7. The average molecular weight is 249 g/mol. The van der Waals surface area contributed by atoms with E-state index in [1.54, 1.807) is 24.2 Å². The molecule has 0 bridgehead atoms. The van der Waals surface area contributed by atoms with E-state index in [4.69, 9.17) is 5.73 Å². The molecule has 17 heavy (non-hydrogen) atoms. The minimum atomic E-state index is 0.483. The minimum absolute atomic E-state index is 0.483. The Morgan fingerprint density at radius 3 is 2.82 bits per heavy atom. The molecule has 0 radical (unpaired) electrons. The fourth-order valence-corrected chi connectivity index (χ4v) is 2.43. The molecule has 2 aromatic heterocycles. The summed E-state index contributed by atoms with van der Waals surface area (Å²) in [5.74, 6) is 1.29. The van der Waals surface area contributed by atoms with Crippen LogP contribution in [-0.2, 0) is 12.3 Å². The topological polar surface area (TPSA) is 69.6 Å². The van der Waals surface area contributed by atoms with Crippen LogP contribution in [0.2, 0.25) is 0 Å². The molecule has 0 unspecified atom stereocenters. The van der Waals surface area contributed by atoms with E-state index in [1.165, 1.54) is 5.69 Å². The first-order valence-corrected chi connectivity index (χ1v) is 6.42. The summed E-state index contributed by atoms with van der Waals surface area (Å²) in [7, 11) is 0. The fraction of sp³-hybridized carbons (Fsp3) is 0.364. The van der Waals surface area contributed by atoms with Crippen molar-refractivity contribution in [1.82, 2.24) is 19.7 Å². The molecule has 0 aliphatic rings. The van der Waals surface area contributed by atoms with Crippen LogP contribution >= 0.6 is 11.8 Å². The molecule has 90 valence electrons. The molecule has 0 aliphatic carbocycles. The van der Waals surface area contributed by atoms with Crippen molar-refractivity contribution in [2.75, 3.05) is 5.73 Å². The third-order valence-electron chi connectivity index (χ3n) is 2.33. The van der Waals surface area contributed by atoms with Gasteiger partial charge < -0.3 is 5.73 Å². The smallest absolute Gasteiger partial charge is 0.156 e. The van der Waals surface area contributed by atoms with Crippen molar-refractivity contribution < 1.29 is 0 Å². The van der Waals surface area contributed by atoms with Gasteiger partial charge in [0.25, 0.3) is 0 Å². The van der Waals surface area contributed by atoms with Crippen LogP contribution in [0.5, 0.6) is 0 Å². The molecular formula is C11H15N5S. The van der Waals surface area contributed by atoms with E-state index in [1.807, 2.05) is 11.6 Å². The molecule has 0 aliphatic heterocycles. The molecule has 0 amide bonds. The van der Waals surface area contributed by atoms with Crippen molar-refractivity contribution in [1.29, 1.82) is 0 Å². The summed E-state index contributed by atoms with van der Waals surface area (Å²) in [6.07, 6.45) is 3.25. The molecule has 0 atom stereocenters. The molecule has 2 aromatic rings. The molecular weight excluding hydrogens is 234 g/mol. The zero-order valence-electron chi connectivity index (χ0n) is 9.92. The average Bonchev–Trinajstić information content (AvgIpc) is 2.69. The van der Waals surface area contributed by atoms with E-state index >= 15 is 0 Å². The summed E-state index contributed by atoms with van der Waals surface area (Å²) < 4.78 is 1.99. The van der Waals surface area contributed by atoms with Gasteiger partial charge in [0.15, 0.2) is 5.82 Å². The summed E-state index contributed by atoms with van der Waals surface area (Å²) >= 11 is 1.58. The molecule has 0 spiro atoms. The predicted molar refractivity (Wildman–Crippen MR) is 68.6 cm³/mol. The van der Waals surface area contributed by atoms with Crippen molar-refractivity contribution in [2.45, 2.75) is 31.2 Å². The number of nitrogens with zero attached hydrogens (tertiary/aromatic N) is 4. The van der Waals surface area contributed by atoms with Crippen molar-refractivity contribution >= 4 is 17.6 Å². The van der Waals surface area contributed by atoms with E-state index < -0.39 is 0 Å². The first-order valence-electron chi connectivity index (χ1n) is 5.43. The molecule has 2 heterocycles. The molecule has 0 saturated heterocycles. The van der Waals surface area contributed by atoms with Crippen LogP contribution in [0, 0.1) is 6.92 Å². The largest absolute Gasteiger partial charge is 0.381 e. The maximum atomic E-state index is 5.74. The van der Waals surface area contributed by atoms with Gasteiger partial charge >= 0.3 is 0 Å². The number of hydrogen-bond acceptors (Lipinski definition) is 5. The molecule has 2 N–H and O–H groups in total. The van der Waals surface area contributed by atoms with Gasteiger partial charge in [-0.2, -0.15) is 5.10 Å². The number of rotatable bonds is 4. The number of aromatic nitrogens is 4. The highest BCUT2D eigenvalue weighted by Gasteiger charge is 2.07. The van der Waals surface area contributed by atoms with Gasteiger partial charge in [-0.3, -0.25) is 4.68 Å². The Labute approximate surface area is 104 Å². The Morgan fingerprint density at radius 1 is 1.35 bits per heavy atom. The van der Waals surface area contributed by atoms with Crippen LogP contribution in [0.4, 0.5) is 5.82 Å². The summed E-state index contributed by atoms with van der Waals surface area (Å²) in [5.41, 5.74) is 7.96. The number of anilines is 1. The van der Waals surface area contributed by atoms with Crippen molar-refractivity contribution in [3.63, 3.8) is 0 Å². The number of nitrogen functional groups attached to an aromatic ring is 1. The van der Waals surface area contributed by atoms with E-state index in [9.17, 15) is 0 Å². The predicted octanol–water partition coefficient (Wildman–Crippen LogP) is 1.88. The Balaban J connectivity index is 2.09. The Kier molecular flexibility index (Phi) is 3.63. The highest BCUT2D eigenvalue weighted by molar-refractivity contribution is 7.98. The maximum absolute atomic E-state index is 5.74. The summed E-state index contributed by atoms with van der Waals surface area (Å²) in [6, 6.07) is 2.09. The minimum Gasteiger partial charge on any atom is -0.381 e. The third kappa shape index (κ3) is 2.76. The van der Waals surface area contributed by atoms with Gasteiger partial charge in [0.05, 0.1) is 5.69 Å². The van der Waals surface area contributed by atoms with Crippen LogP contribution in [-0.4, -0.2) is 19.7 Å². The Morgan fingerprint density at radius 2 is 2.12 bits per heavy atom. The zero-order chi connectivity index (χ0) is 12.3. The van der Waals surface area contributed by atoms with Crippen LogP contribution in [0.3, 0.4) is 0 Å². The summed E-state index contributed by atoms with van der Waals surface area (Å²) in [5, 5.41) is 5.17. The van der Waals surface area contributed by atoms with E-state index in [0.29, 0.717) is 5.82 Å². The molecule has 5 nitrogen and oxygen atoms in total. The second-order valence-electron chi connectivity index (χ2n) is 3.63. The first-order chi connectivity index (χ1) is 8.20. The quantitative estimate of drug-likeness (QED) is 0.838. The van der Waals surface area contributed by atoms with Crippen LogP contribution in [0.1, 0.15) is 18.3 Å². The Hall–Kier alpha value is -1.56. The van der Waals surface area contributed by atoms with Gasteiger partial charge in [0, 0.05) is 30.4 Å². The monoisotopic (exact) mass is 249 g/mol. The van der Waals surface area contributed by atoms with Crippen LogP contribution in [0.25, 0.3) is 0 Å². The fourth-order valence-electron chi connectivity index (χ4n) is 1.58. The molecule has 0 fully saturated rings. The van der Waals surface area contributed by atoms with Crippen molar-refractivity contribution in [3.05, 3.63) is 29.8 Å². The van der Waals surface area contributed by atoms with Crippen molar-refractivity contribution in [2.24, 2.45) is 0 Å². The molecule has 0 saturated carbocycles. The zero-order valence-corrected chi connectivity index (χ0v) is 10.7. The number of hydrogen-bond donors (Lipinski definition) is 1. The second-order valence-corrected chi connectivity index (χ2v) is 4.59. The second kappa shape index (κ2) is 5.18. The molecule has 6 heteroatoms. The SMILES string of the molecule is CCn1nc(C)cc1CSc1nccnc1N. The lowest BCUT2D eigenvalue weighted by Crippen LogP contribution is -2.02. The lowest BCUT2D eigenvalue weighted by atomic mass is 10.4. The first kappa shape index (κ1) is 11.9. The lowest BCUT2D eigenvalue weighted by Gasteiger charge is -2.04. The lowest BCUT2D eigenvalue weighted by molar-refractivity contribution is 0.632. The van der Waals surface area contributed by atoms with Crippen molar-refractivity contribution in [3.8, 4) is 0 Å². The van der Waals surface area contributed by atoms with Gasteiger partial charge in [-0.15, -0.1) is 0 Å². The van der Waals surface area contributed by atoms with Gasteiger partial charge in [-0.25, -0.2) is 9.97 Å².